The third-order valence-corrected chi connectivity index (χ3v) is 2.82. The van der Waals surface area contributed by atoms with Gasteiger partial charge in [0.25, 0.3) is 0 Å². The van der Waals surface area contributed by atoms with Gasteiger partial charge in [0.1, 0.15) is 0 Å². The number of allylic oxidation sites excluding steroid dienone is 1. The molecule has 0 fully saturated rings. The fraction of sp³-hybridized carbons (Fsp3) is 0.357. The van der Waals surface area contributed by atoms with Crippen molar-refractivity contribution in [1.82, 2.24) is 0 Å². The molecule has 1 aliphatic rings. The number of fused-ring (bicyclic) bond motifs is 1. The molecular formula is C14H17NO. The molecule has 0 saturated heterocycles. The minimum absolute atomic E-state index is 0.0688. The van der Waals surface area contributed by atoms with Crippen molar-refractivity contribution in [1.29, 1.82) is 0 Å². The summed E-state index contributed by atoms with van der Waals surface area (Å²) in [5.74, 6) is 0.580. The van der Waals surface area contributed by atoms with Gasteiger partial charge in [-0.15, -0.1) is 0 Å². The van der Waals surface area contributed by atoms with Crippen LogP contribution in [0.1, 0.15) is 29.8 Å². The summed E-state index contributed by atoms with van der Waals surface area (Å²) in [7, 11) is 0. The Balaban J connectivity index is 2.46. The largest absolute Gasteiger partial charge is 0.338 e. The van der Waals surface area contributed by atoms with Crippen molar-refractivity contribution in [2.24, 2.45) is 5.92 Å². The topological polar surface area (TPSA) is 20.3 Å². The van der Waals surface area contributed by atoms with Crippen molar-refractivity contribution in [3.63, 3.8) is 0 Å². The number of aryl methyl sites for hydroxylation is 1. The average molecular weight is 215 g/mol. The summed E-state index contributed by atoms with van der Waals surface area (Å²) in [5, 5.41) is 0. The third kappa shape index (κ3) is 1.64. The van der Waals surface area contributed by atoms with Gasteiger partial charge in [-0.05, 0) is 25.0 Å². The van der Waals surface area contributed by atoms with E-state index >= 15 is 0 Å². The molecule has 1 aromatic carbocycles. The van der Waals surface area contributed by atoms with Gasteiger partial charge in [0.05, 0.1) is 11.4 Å². The van der Waals surface area contributed by atoms with Crippen LogP contribution in [0.5, 0.6) is 0 Å². The van der Waals surface area contributed by atoms with E-state index in [0.717, 1.165) is 23.4 Å². The van der Waals surface area contributed by atoms with Gasteiger partial charge in [0.2, 0.25) is 5.78 Å². The monoisotopic (exact) mass is 215 g/mol. The van der Waals surface area contributed by atoms with Crippen LogP contribution in [0.4, 0.5) is 5.69 Å². The average Bonchev–Trinajstić information content (AvgIpc) is 2.43. The lowest BCUT2D eigenvalue weighted by molar-refractivity contribution is 0.103. The van der Waals surface area contributed by atoms with Crippen molar-refractivity contribution in [3.8, 4) is 0 Å². The summed E-state index contributed by atoms with van der Waals surface area (Å²) in [6, 6.07) is 6.00. The number of Topliss-reactive ketones (excluding diaryl/α,β-unsaturated/α-hetero) is 1. The summed E-state index contributed by atoms with van der Waals surface area (Å²) in [6.45, 7) is 11.0. The fourth-order valence-electron chi connectivity index (χ4n) is 2.06. The lowest BCUT2D eigenvalue weighted by Gasteiger charge is -2.21. The molecule has 2 nitrogen and oxygen atoms in total. The van der Waals surface area contributed by atoms with E-state index in [4.69, 9.17) is 0 Å². The van der Waals surface area contributed by atoms with Crippen LogP contribution >= 0.6 is 0 Å². The molecule has 2 heteroatoms. The Morgan fingerprint density at radius 1 is 1.38 bits per heavy atom. The predicted octanol–water partition coefficient (Wildman–Crippen LogP) is 3.17. The molecule has 16 heavy (non-hydrogen) atoms. The molecule has 0 N–H and O–H groups in total. The summed E-state index contributed by atoms with van der Waals surface area (Å²) >= 11 is 0. The van der Waals surface area contributed by atoms with Gasteiger partial charge in [0, 0.05) is 12.1 Å². The first-order valence-electron chi connectivity index (χ1n) is 5.62. The van der Waals surface area contributed by atoms with Crippen LogP contribution in [0.2, 0.25) is 0 Å². The molecule has 0 spiro atoms. The van der Waals surface area contributed by atoms with Crippen molar-refractivity contribution in [2.45, 2.75) is 20.8 Å². The van der Waals surface area contributed by atoms with Crippen LogP contribution in [-0.2, 0) is 0 Å². The van der Waals surface area contributed by atoms with E-state index in [0.29, 0.717) is 11.6 Å². The first-order chi connectivity index (χ1) is 7.50. The van der Waals surface area contributed by atoms with E-state index < -0.39 is 0 Å². The minimum atomic E-state index is 0.0688. The van der Waals surface area contributed by atoms with E-state index in [-0.39, 0.29) is 5.78 Å². The highest BCUT2D eigenvalue weighted by Crippen LogP contribution is 2.34. The number of anilines is 1. The molecule has 1 aromatic rings. The number of carbonyl (C=O) groups is 1. The quantitative estimate of drug-likeness (QED) is 0.706. The SMILES string of the molecule is C=C1C(=O)c2cc(C)ccc2N1CC(C)C. The molecule has 0 aromatic heterocycles. The fourth-order valence-corrected chi connectivity index (χ4v) is 2.06. The lowest BCUT2D eigenvalue weighted by atomic mass is 10.1. The Kier molecular flexibility index (Phi) is 2.58. The van der Waals surface area contributed by atoms with E-state index in [1.165, 1.54) is 0 Å². The Morgan fingerprint density at radius 3 is 2.69 bits per heavy atom. The number of benzene rings is 1. The lowest BCUT2D eigenvalue weighted by Crippen LogP contribution is -2.24. The Morgan fingerprint density at radius 2 is 2.06 bits per heavy atom. The number of rotatable bonds is 2. The molecule has 84 valence electrons. The number of hydrogen-bond acceptors (Lipinski definition) is 2. The molecule has 1 aliphatic heterocycles. The highest BCUT2D eigenvalue weighted by molar-refractivity contribution is 6.18. The molecule has 0 aliphatic carbocycles. The van der Waals surface area contributed by atoms with Crippen LogP contribution in [0.15, 0.2) is 30.5 Å². The van der Waals surface area contributed by atoms with Crippen molar-refractivity contribution in [3.05, 3.63) is 41.6 Å². The van der Waals surface area contributed by atoms with E-state index in [1.807, 2.05) is 30.0 Å². The van der Waals surface area contributed by atoms with E-state index in [1.54, 1.807) is 0 Å². The van der Waals surface area contributed by atoms with Crippen molar-refractivity contribution >= 4 is 11.5 Å². The van der Waals surface area contributed by atoms with Gasteiger partial charge >= 0.3 is 0 Å². The molecule has 0 unspecified atom stereocenters. The van der Waals surface area contributed by atoms with Gasteiger partial charge in [-0.3, -0.25) is 4.79 Å². The normalized spacial score (nSPS) is 14.9. The number of ketones is 1. The Hall–Kier alpha value is -1.57. The summed E-state index contributed by atoms with van der Waals surface area (Å²) in [4.78, 5) is 14.0. The second kappa shape index (κ2) is 3.78. The van der Waals surface area contributed by atoms with Gasteiger partial charge < -0.3 is 4.90 Å². The van der Waals surface area contributed by atoms with Crippen molar-refractivity contribution in [2.75, 3.05) is 11.4 Å². The van der Waals surface area contributed by atoms with Gasteiger partial charge in [-0.2, -0.15) is 0 Å². The molecular weight excluding hydrogens is 198 g/mol. The third-order valence-electron chi connectivity index (χ3n) is 2.82. The molecule has 0 radical (unpaired) electrons. The maximum atomic E-state index is 12.0. The predicted molar refractivity (Wildman–Crippen MR) is 66.8 cm³/mol. The summed E-state index contributed by atoms with van der Waals surface area (Å²) in [5.41, 5.74) is 3.53. The van der Waals surface area contributed by atoms with Crippen LogP contribution in [0.25, 0.3) is 0 Å². The number of nitrogens with zero attached hydrogens (tertiary/aromatic N) is 1. The second-order valence-corrected chi connectivity index (χ2v) is 4.80. The van der Waals surface area contributed by atoms with Gasteiger partial charge in [-0.1, -0.05) is 32.1 Å². The molecule has 2 rings (SSSR count). The zero-order chi connectivity index (χ0) is 11.9. The molecule has 0 amide bonds. The zero-order valence-electron chi connectivity index (χ0n) is 10.1. The minimum Gasteiger partial charge on any atom is -0.338 e. The van der Waals surface area contributed by atoms with Crippen LogP contribution < -0.4 is 4.90 Å². The molecule has 1 heterocycles. The Labute approximate surface area is 96.6 Å². The standard InChI is InChI=1S/C14H17NO/c1-9(2)8-15-11(4)14(16)12-7-10(3)5-6-13(12)15/h5-7,9H,4,8H2,1-3H3. The van der Waals surface area contributed by atoms with Crippen LogP contribution in [-0.4, -0.2) is 12.3 Å². The smallest absolute Gasteiger partial charge is 0.210 e. The summed E-state index contributed by atoms with van der Waals surface area (Å²) < 4.78 is 0. The first-order valence-corrected chi connectivity index (χ1v) is 5.62. The maximum Gasteiger partial charge on any atom is 0.210 e. The van der Waals surface area contributed by atoms with Crippen LogP contribution in [0, 0.1) is 12.8 Å². The highest BCUT2D eigenvalue weighted by atomic mass is 16.1. The second-order valence-electron chi connectivity index (χ2n) is 4.80. The number of carbonyl (C=O) groups excluding carboxylic acids is 1. The zero-order valence-corrected chi connectivity index (χ0v) is 10.1. The molecule has 0 atom stereocenters. The van der Waals surface area contributed by atoms with E-state index in [9.17, 15) is 4.79 Å². The van der Waals surface area contributed by atoms with Crippen molar-refractivity contribution < 1.29 is 4.79 Å². The number of hydrogen-bond donors (Lipinski definition) is 0. The van der Waals surface area contributed by atoms with Gasteiger partial charge in [0.15, 0.2) is 0 Å². The maximum absolute atomic E-state index is 12.0. The summed E-state index contributed by atoms with van der Waals surface area (Å²) in [6.07, 6.45) is 0. The highest BCUT2D eigenvalue weighted by Gasteiger charge is 2.30. The van der Waals surface area contributed by atoms with Gasteiger partial charge in [-0.25, -0.2) is 0 Å². The van der Waals surface area contributed by atoms with Crippen LogP contribution in [0.3, 0.4) is 0 Å². The molecule has 0 bridgehead atoms. The van der Waals surface area contributed by atoms with E-state index in [2.05, 4.69) is 20.4 Å². The first kappa shape index (κ1) is 10.9. The molecule has 0 saturated carbocycles. The Bertz CT molecular complexity index is 460.